The Balaban J connectivity index is 1.92. The molecular weight excluding hydrogens is 274 g/mol. The molecule has 0 radical (unpaired) electrons. The van der Waals surface area contributed by atoms with E-state index < -0.39 is 10.0 Å². The molecule has 2 aromatic rings. The quantitative estimate of drug-likeness (QED) is 0.941. The van der Waals surface area contributed by atoms with Crippen molar-refractivity contribution in [2.45, 2.75) is 31.1 Å². The molecule has 106 valence electrons. The number of aryl methyl sites for hydroxylation is 3. The van der Waals surface area contributed by atoms with Crippen LogP contribution in [0.3, 0.4) is 0 Å². The van der Waals surface area contributed by atoms with Gasteiger partial charge in [-0.2, -0.15) is 5.10 Å². The topological polar surface area (TPSA) is 64.0 Å². The lowest BCUT2D eigenvalue weighted by atomic mass is 10.1. The fourth-order valence-corrected chi connectivity index (χ4v) is 3.84. The van der Waals surface area contributed by atoms with Crippen molar-refractivity contribution in [2.24, 2.45) is 7.05 Å². The summed E-state index contributed by atoms with van der Waals surface area (Å²) in [5.74, 6) is 0. The summed E-state index contributed by atoms with van der Waals surface area (Å²) in [6, 6.07) is 5.77. The number of hydrogen-bond donors (Lipinski definition) is 1. The first kappa shape index (κ1) is 13.2. The molecule has 1 N–H and O–H groups in total. The molecule has 1 aliphatic rings. The smallest absolute Gasteiger partial charge is 0.265 e. The van der Waals surface area contributed by atoms with Gasteiger partial charge in [0.25, 0.3) is 10.0 Å². The van der Waals surface area contributed by atoms with Crippen LogP contribution < -0.4 is 4.72 Å². The molecule has 0 unspecified atom stereocenters. The molecule has 6 heteroatoms. The van der Waals surface area contributed by atoms with Crippen LogP contribution in [0.1, 0.15) is 23.2 Å². The van der Waals surface area contributed by atoms with Crippen molar-refractivity contribution >= 4 is 15.7 Å². The second kappa shape index (κ2) is 4.63. The monoisotopic (exact) mass is 291 g/mol. The zero-order valence-corrected chi connectivity index (χ0v) is 12.4. The van der Waals surface area contributed by atoms with Gasteiger partial charge in [0.05, 0.1) is 11.9 Å². The predicted octanol–water partition coefficient (Wildman–Crippen LogP) is 2.02. The summed E-state index contributed by atoms with van der Waals surface area (Å²) in [7, 11) is -1.85. The molecule has 0 aliphatic heterocycles. The third-order valence-corrected chi connectivity index (χ3v) is 5.31. The van der Waals surface area contributed by atoms with E-state index in [1.807, 2.05) is 18.2 Å². The molecule has 5 nitrogen and oxygen atoms in total. The average molecular weight is 291 g/mol. The summed E-state index contributed by atoms with van der Waals surface area (Å²) in [4.78, 5) is 0.223. The maximum Gasteiger partial charge on any atom is 0.265 e. The van der Waals surface area contributed by atoms with E-state index >= 15 is 0 Å². The number of fused-ring (bicyclic) bond motifs is 1. The summed E-state index contributed by atoms with van der Waals surface area (Å²) >= 11 is 0. The summed E-state index contributed by atoms with van der Waals surface area (Å²) < 4.78 is 28.9. The van der Waals surface area contributed by atoms with Crippen LogP contribution in [0.15, 0.2) is 29.3 Å². The van der Waals surface area contributed by atoms with Crippen molar-refractivity contribution in [1.82, 2.24) is 9.78 Å². The number of anilines is 1. The molecule has 1 aromatic carbocycles. The largest absolute Gasteiger partial charge is 0.280 e. The molecule has 0 atom stereocenters. The highest BCUT2D eigenvalue weighted by Crippen LogP contribution is 2.26. The van der Waals surface area contributed by atoms with E-state index in [1.165, 1.54) is 17.3 Å². The van der Waals surface area contributed by atoms with Crippen LogP contribution in [-0.2, 0) is 29.9 Å². The first-order valence-corrected chi connectivity index (χ1v) is 8.09. The van der Waals surface area contributed by atoms with Gasteiger partial charge in [0.1, 0.15) is 4.90 Å². The molecule has 0 saturated heterocycles. The molecule has 0 bridgehead atoms. The number of sulfonamides is 1. The van der Waals surface area contributed by atoms with E-state index in [0.717, 1.165) is 19.3 Å². The normalized spacial score (nSPS) is 14.3. The summed E-state index contributed by atoms with van der Waals surface area (Å²) in [5.41, 5.74) is 3.81. The van der Waals surface area contributed by atoms with Gasteiger partial charge in [0, 0.05) is 12.7 Å². The molecule has 0 spiro atoms. The van der Waals surface area contributed by atoms with Crippen LogP contribution in [0, 0.1) is 6.92 Å². The van der Waals surface area contributed by atoms with E-state index in [0.29, 0.717) is 11.4 Å². The van der Waals surface area contributed by atoms with Crippen molar-refractivity contribution < 1.29 is 8.42 Å². The van der Waals surface area contributed by atoms with E-state index in [-0.39, 0.29) is 4.90 Å². The molecule has 1 aromatic heterocycles. The number of nitrogens with zero attached hydrogens (tertiary/aromatic N) is 2. The van der Waals surface area contributed by atoms with E-state index in [1.54, 1.807) is 18.7 Å². The number of aromatic nitrogens is 2. The van der Waals surface area contributed by atoms with Crippen LogP contribution in [0.25, 0.3) is 0 Å². The lowest BCUT2D eigenvalue weighted by molar-refractivity contribution is 0.600. The third-order valence-electron chi connectivity index (χ3n) is 3.83. The highest BCUT2D eigenvalue weighted by Gasteiger charge is 2.21. The molecule has 0 amide bonds. The Bertz CT molecular complexity index is 763. The Morgan fingerprint density at radius 2 is 2.00 bits per heavy atom. The van der Waals surface area contributed by atoms with Gasteiger partial charge in [-0.15, -0.1) is 0 Å². The first-order valence-electron chi connectivity index (χ1n) is 6.60. The number of hydrogen-bond acceptors (Lipinski definition) is 3. The predicted molar refractivity (Wildman–Crippen MR) is 77.2 cm³/mol. The van der Waals surface area contributed by atoms with Crippen molar-refractivity contribution in [2.75, 3.05) is 4.72 Å². The van der Waals surface area contributed by atoms with E-state index in [2.05, 4.69) is 9.82 Å². The van der Waals surface area contributed by atoms with Crippen LogP contribution in [0.2, 0.25) is 0 Å². The van der Waals surface area contributed by atoms with Crippen molar-refractivity contribution in [3.63, 3.8) is 0 Å². The molecule has 0 fully saturated rings. The Kier molecular flexibility index (Phi) is 3.05. The van der Waals surface area contributed by atoms with E-state index in [9.17, 15) is 8.42 Å². The maximum atomic E-state index is 12.4. The SMILES string of the molecule is Cc1c(S(=O)(=O)Nc2ccc3c(c2)CCC3)cnn1C. The molecule has 3 rings (SSSR count). The summed E-state index contributed by atoms with van der Waals surface area (Å²) in [6.45, 7) is 1.74. The summed E-state index contributed by atoms with van der Waals surface area (Å²) in [6.07, 6.45) is 4.64. The van der Waals surface area contributed by atoms with Crippen molar-refractivity contribution in [1.29, 1.82) is 0 Å². The minimum absolute atomic E-state index is 0.223. The fourth-order valence-electron chi connectivity index (χ4n) is 2.59. The van der Waals surface area contributed by atoms with Gasteiger partial charge in [0.15, 0.2) is 0 Å². The maximum absolute atomic E-state index is 12.4. The minimum atomic E-state index is -3.57. The van der Waals surface area contributed by atoms with Gasteiger partial charge >= 0.3 is 0 Å². The van der Waals surface area contributed by atoms with Gasteiger partial charge in [-0.1, -0.05) is 6.07 Å². The Morgan fingerprint density at radius 1 is 1.25 bits per heavy atom. The van der Waals surface area contributed by atoms with Crippen LogP contribution in [0.4, 0.5) is 5.69 Å². The van der Waals surface area contributed by atoms with Crippen LogP contribution in [-0.4, -0.2) is 18.2 Å². The number of nitrogens with one attached hydrogen (secondary N) is 1. The van der Waals surface area contributed by atoms with Crippen LogP contribution in [0.5, 0.6) is 0 Å². The fraction of sp³-hybridized carbons (Fsp3) is 0.357. The molecular formula is C14H17N3O2S. The Hall–Kier alpha value is -1.82. The highest BCUT2D eigenvalue weighted by molar-refractivity contribution is 7.92. The van der Waals surface area contributed by atoms with Gasteiger partial charge in [-0.25, -0.2) is 8.42 Å². The zero-order valence-electron chi connectivity index (χ0n) is 11.5. The van der Waals surface area contributed by atoms with Crippen LogP contribution >= 0.6 is 0 Å². The lowest BCUT2D eigenvalue weighted by Gasteiger charge is -2.09. The van der Waals surface area contributed by atoms with Gasteiger partial charge in [0.2, 0.25) is 0 Å². The lowest BCUT2D eigenvalue weighted by Crippen LogP contribution is -2.14. The van der Waals surface area contributed by atoms with E-state index in [4.69, 9.17) is 0 Å². The second-order valence-electron chi connectivity index (χ2n) is 5.16. The van der Waals surface area contributed by atoms with Crippen molar-refractivity contribution in [3.8, 4) is 0 Å². The van der Waals surface area contributed by atoms with Gasteiger partial charge in [-0.3, -0.25) is 9.40 Å². The second-order valence-corrected chi connectivity index (χ2v) is 6.81. The Morgan fingerprint density at radius 3 is 2.70 bits per heavy atom. The standard InChI is InChI=1S/C14H17N3O2S/c1-10-14(9-15-17(10)2)20(18,19)16-13-7-6-11-4-3-5-12(11)8-13/h6-9,16H,3-5H2,1-2H3. The minimum Gasteiger partial charge on any atom is -0.280 e. The zero-order chi connectivity index (χ0) is 14.3. The molecule has 1 heterocycles. The Labute approximate surface area is 118 Å². The molecule has 20 heavy (non-hydrogen) atoms. The van der Waals surface area contributed by atoms with Crippen molar-refractivity contribution in [3.05, 3.63) is 41.2 Å². The number of rotatable bonds is 3. The van der Waals surface area contributed by atoms with Gasteiger partial charge < -0.3 is 0 Å². The average Bonchev–Trinajstić information content (AvgIpc) is 2.97. The number of benzene rings is 1. The molecule has 1 aliphatic carbocycles. The van der Waals surface area contributed by atoms with Gasteiger partial charge in [-0.05, 0) is 49.4 Å². The summed E-state index contributed by atoms with van der Waals surface area (Å²) in [5, 5.41) is 3.98. The molecule has 0 saturated carbocycles. The highest BCUT2D eigenvalue weighted by atomic mass is 32.2. The first-order chi connectivity index (χ1) is 9.47. The third kappa shape index (κ3) is 2.20.